The van der Waals surface area contributed by atoms with Crippen molar-refractivity contribution in [1.82, 2.24) is 10.2 Å². The van der Waals surface area contributed by atoms with Crippen molar-refractivity contribution in [1.29, 1.82) is 0 Å². The van der Waals surface area contributed by atoms with E-state index < -0.39 is 0 Å². The third kappa shape index (κ3) is 3.74. The van der Waals surface area contributed by atoms with Crippen LogP contribution < -0.4 is 11.1 Å². The molecular formula is C16H26N4O. The Bertz CT molecular complexity index is 476. The zero-order chi connectivity index (χ0) is 15.3. The summed E-state index contributed by atoms with van der Waals surface area (Å²) < 4.78 is 0. The number of likely N-dealkylation sites (N-methyl/N-ethyl adjacent to an activating group) is 1. The van der Waals surface area contributed by atoms with E-state index in [1.54, 1.807) is 0 Å². The number of benzene rings is 1. The normalized spacial score (nSPS) is 18.3. The third-order valence-electron chi connectivity index (χ3n) is 4.62. The summed E-state index contributed by atoms with van der Waals surface area (Å²) in [5, 5.41) is 15.2. The van der Waals surface area contributed by atoms with Gasteiger partial charge in [-0.25, -0.2) is 0 Å². The fourth-order valence-corrected chi connectivity index (χ4v) is 3.11. The number of rotatable bonds is 6. The maximum Gasteiger partial charge on any atom is 0.170 e. The van der Waals surface area contributed by atoms with Gasteiger partial charge in [0.1, 0.15) is 0 Å². The van der Waals surface area contributed by atoms with Crippen LogP contribution >= 0.6 is 0 Å². The van der Waals surface area contributed by atoms with E-state index in [0.717, 1.165) is 18.7 Å². The van der Waals surface area contributed by atoms with Crippen LogP contribution in [0, 0.1) is 0 Å². The molecule has 5 nitrogen and oxygen atoms in total. The SMILES string of the molecule is CN(C)C1(CNCc2ccc(/C(N)=N/O)cc2)CCCC1. The highest BCUT2D eigenvalue weighted by atomic mass is 16.4. The first-order valence-electron chi connectivity index (χ1n) is 7.52. The molecule has 4 N–H and O–H groups in total. The molecule has 1 aliphatic carbocycles. The largest absolute Gasteiger partial charge is 0.409 e. The molecule has 1 aliphatic rings. The van der Waals surface area contributed by atoms with Crippen LogP contribution in [0.25, 0.3) is 0 Å². The van der Waals surface area contributed by atoms with E-state index in [-0.39, 0.29) is 5.84 Å². The highest BCUT2D eigenvalue weighted by Gasteiger charge is 2.35. The lowest BCUT2D eigenvalue weighted by molar-refractivity contribution is 0.153. The summed E-state index contributed by atoms with van der Waals surface area (Å²) in [7, 11) is 4.36. The van der Waals surface area contributed by atoms with Crippen LogP contribution in [0.5, 0.6) is 0 Å². The van der Waals surface area contributed by atoms with Crippen LogP contribution in [0.1, 0.15) is 36.8 Å². The van der Waals surface area contributed by atoms with Crippen LogP contribution in [0.15, 0.2) is 29.4 Å². The number of nitrogens with one attached hydrogen (secondary N) is 1. The summed E-state index contributed by atoms with van der Waals surface area (Å²) in [5.41, 5.74) is 7.81. The van der Waals surface area contributed by atoms with Gasteiger partial charge in [0.15, 0.2) is 5.84 Å². The van der Waals surface area contributed by atoms with Crippen LogP contribution in [0.3, 0.4) is 0 Å². The van der Waals surface area contributed by atoms with Crippen LogP contribution in [0.4, 0.5) is 0 Å². The molecule has 21 heavy (non-hydrogen) atoms. The molecule has 1 saturated carbocycles. The Hall–Kier alpha value is -1.59. The quantitative estimate of drug-likeness (QED) is 0.323. The van der Waals surface area contributed by atoms with E-state index in [1.807, 2.05) is 24.3 Å². The van der Waals surface area contributed by atoms with Crippen molar-refractivity contribution in [2.75, 3.05) is 20.6 Å². The molecule has 0 aliphatic heterocycles. The smallest absolute Gasteiger partial charge is 0.170 e. The molecule has 0 amide bonds. The summed E-state index contributed by atoms with van der Waals surface area (Å²) in [6, 6.07) is 7.78. The Balaban J connectivity index is 1.88. The summed E-state index contributed by atoms with van der Waals surface area (Å²) in [6.45, 7) is 1.86. The van der Waals surface area contributed by atoms with Crippen molar-refractivity contribution in [3.8, 4) is 0 Å². The lowest BCUT2D eigenvalue weighted by Gasteiger charge is -2.36. The zero-order valence-electron chi connectivity index (χ0n) is 13.0. The third-order valence-corrected chi connectivity index (χ3v) is 4.62. The molecule has 0 radical (unpaired) electrons. The van der Waals surface area contributed by atoms with E-state index in [1.165, 1.54) is 31.2 Å². The van der Waals surface area contributed by atoms with Crippen LogP contribution in [0.2, 0.25) is 0 Å². The standard InChI is InChI=1S/C16H26N4O/c1-20(2)16(9-3-4-10-16)12-18-11-13-5-7-14(8-6-13)15(17)19-21/h5-8,18,21H,3-4,9-12H2,1-2H3,(H2,17,19). The molecule has 1 aromatic rings. The van der Waals surface area contributed by atoms with Crippen molar-refractivity contribution in [3.05, 3.63) is 35.4 Å². The minimum Gasteiger partial charge on any atom is -0.409 e. The van der Waals surface area contributed by atoms with Crippen LogP contribution in [-0.2, 0) is 6.54 Å². The minimum atomic E-state index is 0.145. The highest BCUT2D eigenvalue weighted by molar-refractivity contribution is 5.96. The fourth-order valence-electron chi connectivity index (χ4n) is 3.11. The molecule has 116 valence electrons. The fraction of sp³-hybridized carbons (Fsp3) is 0.562. The number of hydrogen-bond acceptors (Lipinski definition) is 4. The van der Waals surface area contributed by atoms with Gasteiger partial charge in [0.25, 0.3) is 0 Å². The number of amidine groups is 1. The molecule has 5 heteroatoms. The van der Waals surface area contributed by atoms with Gasteiger partial charge in [0.05, 0.1) is 0 Å². The zero-order valence-corrected chi connectivity index (χ0v) is 13.0. The Morgan fingerprint density at radius 3 is 2.43 bits per heavy atom. The summed E-state index contributed by atoms with van der Waals surface area (Å²) in [5.74, 6) is 0.145. The van der Waals surface area contributed by atoms with Gasteiger partial charge < -0.3 is 21.2 Å². The second-order valence-electron chi connectivity index (χ2n) is 6.11. The predicted molar refractivity (Wildman–Crippen MR) is 85.5 cm³/mol. The Kier molecular flexibility index (Phi) is 5.20. The van der Waals surface area contributed by atoms with E-state index >= 15 is 0 Å². The van der Waals surface area contributed by atoms with Gasteiger partial charge in [-0.2, -0.15) is 0 Å². The van der Waals surface area contributed by atoms with Crippen molar-refractivity contribution in [2.45, 2.75) is 37.8 Å². The molecule has 1 aromatic carbocycles. The molecule has 1 fully saturated rings. The van der Waals surface area contributed by atoms with Crippen molar-refractivity contribution in [2.24, 2.45) is 10.9 Å². The minimum absolute atomic E-state index is 0.145. The Labute approximate surface area is 126 Å². The van der Waals surface area contributed by atoms with Gasteiger partial charge in [-0.05, 0) is 32.5 Å². The average Bonchev–Trinajstić information content (AvgIpc) is 2.97. The molecule has 0 atom stereocenters. The number of oxime groups is 1. The van der Waals surface area contributed by atoms with E-state index in [0.29, 0.717) is 5.54 Å². The lowest BCUT2D eigenvalue weighted by atomic mass is 9.96. The van der Waals surface area contributed by atoms with Gasteiger partial charge in [-0.1, -0.05) is 42.3 Å². The first-order chi connectivity index (χ1) is 10.1. The van der Waals surface area contributed by atoms with E-state index in [9.17, 15) is 0 Å². The molecule has 0 bridgehead atoms. The van der Waals surface area contributed by atoms with Crippen molar-refractivity contribution < 1.29 is 5.21 Å². The van der Waals surface area contributed by atoms with Gasteiger partial charge in [-0.15, -0.1) is 0 Å². The monoisotopic (exact) mass is 290 g/mol. The molecular weight excluding hydrogens is 264 g/mol. The van der Waals surface area contributed by atoms with Gasteiger partial charge in [0, 0.05) is 24.2 Å². The van der Waals surface area contributed by atoms with Gasteiger partial charge in [0.2, 0.25) is 0 Å². The highest BCUT2D eigenvalue weighted by Crippen LogP contribution is 2.33. The Morgan fingerprint density at radius 2 is 1.90 bits per heavy atom. The molecule has 0 spiro atoms. The maximum absolute atomic E-state index is 8.65. The summed E-state index contributed by atoms with van der Waals surface area (Å²) in [6.07, 6.45) is 5.20. The van der Waals surface area contributed by atoms with E-state index in [2.05, 4.69) is 29.5 Å². The number of hydrogen-bond donors (Lipinski definition) is 3. The first kappa shape index (κ1) is 15.8. The molecule has 0 heterocycles. The maximum atomic E-state index is 8.65. The molecule has 0 saturated heterocycles. The predicted octanol–water partition coefficient (Wildman–Crippen LogP) is 1.75. The molecule has 0 unspecified atom stereocenters. The number of nitrogens with zero attached hydrogens (tertiary/aromatic N) is 2. The molecule has 2 rings (SSSR count). The average molecular weight is 290 g/mol. The van der Waals surface area contributed by atoms with Crippen molar-refractivity contribution >= 4 is 5.84 Å². The first-order valence-corrected chi connectivity index (χ1v) is 7.52. The van der Waals surface area contributed by atoms with Gasteiger partial charge >= 0.3 is 0 Å². The topological polar surface area (TPSA) is 73.9 Å². The number of nitrogens with two attached hydrogens (primary N) is 1. The van der Waals surface area contributed by atoms with Crippen molar-refractivity contribution in [3.63, 3.8) is 0 Å². The lowest BCUT2D eigenvalue weighted by Crippen LogP contribution is -2.49. The summed E-state index contributed by atoms with van der Waals surface area (Å²) >= 11 is 0. The Morgan fingerprint density at radius 1 is 1.29 bits per heavy atom. The summed E-state index contributed by atoms with van der Waals surface area (Å²) in [4.78, 5) is 2.37. The van der Waals surface area contributed by atoms with Gasteiger partial charge in [-0.3, -0.25) is 0 Å². The second kappa shape index (κ2) is 6.91. The van der Waals surface area contributed by atoms with Crippen LogP contribution in [-0.4, -0.2) is 42.1 Å². The van der Waals surface area contributed by atoms with E-state index in [4.69, 9.17) is 10.9 Å². The molecule has 0 aromatic heterocycles. The second-order valence-corrected chi connectivity index (χ2v) is 6.11.